The molecule has 0 saturated heterocycles. The third-order valence-corrected chi connectivity index (χ3v) is 2.82. The summed E-state index contributed by atoms with van der Waals surface area (Å²) in [4.78, 5) is 26.5. The van der Waals surface area contributed by atoms with Crippen molar-refractivity contribution < 1.29 is 9.90 Å². The predicted octanol–water partition coefficient (Wildman–Crippen LogP) is 1.70. The van der Waals surface area contributed by atoms with Gasteiger partial charge in [0.25, 0.3) is 5.56 Å². The SMILES string of the molecule is Cc1cc(=O)n(Cc2ccccc2C=CC(=O)O)cn1. The lowest BCUT2D eigenvalue weighted by atomic mass is 10.1. The van der Waals surface area contributed by atoms with E-state index in [0.29, 0.717) is 12.2 Å². The number of carboxylic acid groups (broad SMARTS) is 1. The number of aliphatic carboxylic acids is 1. The van der Waals surface area contributed by atoms with E-state index in [0.717, 1.165) is 17.2 Å². The first-order valence-electron chi connectivity index (χ1n) is 6.08. The third-order valence-electron chi connectivity index (χ3n) is 2.82. The molecule has 2 aromatic rings. The van der Waals surface area contributed by atoms with Crippen LogP contribution >= 0.6 is 0 Å². The highest BCUT2D eigenvalue weighted by Gasteiger charge is 2.03. The molecule has 5 heteroatoms. The quantitative estimate of drug-likeness (QED) is 0.858. The van der Waals surface area contributed by atoms with Crippen molar-refractivity contribution in [1.29, 1.82) is 0 Å². The molecule has 20 heavy (non-hydrogen) atoms. The van der Waals surface area contributed by atoms with Crippen molar-refractivity contribution in [3.63, 3.8) is 0 Å². The van der Waals surface area contributed by atoms with E-state index < -0.39 is 5.97 Å². The lowest BCUT2D eigenvalue weighted by Crippen LogP contribution is -2.20. The van der Waals surface area contributed by atoms with Gasteiger partial charge < -0.3 is 5.11 Å². The molecule has 1 N–H and O–H groups in total. The highest BCUT2D eigenvalue weighted by Crippen LogP contribution is 2.11. The zero-order valence-electron chi connectivity index (χ0n) is 11.0. The summed E-state index contributed by atoms with van der Waals surface area (Å²) >= 11 is 0. The van der Waals surface area contributed by atoms with E-state index in [4.69, 9.17) is 5.11 Å². The fourth-order valence-corrected chi connectivity index (χ4v) is 1.82. The minimum Gasteiger partial charge on any atom is -0.478 e. The number of hydrogen-bond acceptors (Lipinski definition) is 3. The van der Waals surface area contributed by atoms with Gasteiger partial charge in [-0.3, -0.25) is 9.36 Å². The Hall–Kier alpha value is -2.69. The van der Waals surface area contributed by atoms with Crippen molar-refractivity contribution in [2.24, 2.45) is 0 Å². The van der Waals surface area contributed by atoms with Gasteiger partial charge in [-0.2, -0.15) is 0 Å². The fraction of sp³-hybridized carbons (Fsp3) is 0.133. The monoisotopic (exact) mass is 270 g/mol. The summed E-state index contributed by atoms with van der Waals surface area (Å²) in [6, 6.07) is 8.80. The van der Waals surface area contributed by atoms with Crippen LogP contribution in [0.2, 0.25) is 0 Å². The molecule has 0 amide bonds. The van der Waals surface area contributed by atoms with Crippen LogP contribution in [0, 0.1) is 6.92 Å². The first kappa shape index (κ1) is 13.7. The number of hydrogen-bond donors (Lipinski definition) is 1. The third kappa shape index (κ3) is 3.41. The smallest absolute Gasteiger partial charge is 0.328 e. The minimum absolute atomic E-state index is 0.130. The molecule has 0 atom stereocenters. The Morgan fingerprint density at radius 1 is 1.40 bits per heavy atom. The average molecular weight is 270 g/mol. The van der Waals surface area contributed by atoms with Crippen molar-refractivity contribution in [3.05, 3.63) is 69.9 Å². The number of carboxylic acids is 1. The molecule has 102 valence electrons. The number of aromatic nitrogens is 2. The van der Waals surface area contributed by atoms with Crippen molar-refractivity contribution in [2.75, 3.05) is 0 Å². The topological polar surface area (TPSA) is 72.2 Å². The second-order valence-corrected chi connectivity index (χ2v) is 4.37. The Labute approximate surface area is 115 Å². The van der Waals surface area contributed by atoms with Gasteiger partial charge in [-0.05, 0) is 24.1 Å². The second kappa shape index (κ2) is 5.97. The molecule has 0 aliphatic rings. The van der Waals surface area contributed by atoms with Gasteiger partial charge in [0.2, 0.25) is 0 Å². The molecule has 0 fully saturated rings. The Bertz CT molecular complexity index is 717. The zero-order chi connectivity index (χ0) is 14.5. The highest BCUT2D eigenvalue weighted by molar-refractivity contribution is 5.85. The maximum Gasteiger partial charge on any atom is 0.328 e. The Kier molecular flexibility index (Phi) is 4.10. The van der Waals surface area contributed by atoms with E-state index in [1.54, 1.807) is 13.0 Å². The van der Waals surface area contributed by atoms with Gasteiger partial charge in [-0.25, -0.2) is 9.78 Å². The van der Waals surface area contributed by atoms with Crippen LogP contribution < -0.4 is 5.56 Å². The summed E-state index contributed by atoms with van der Waals surface area (Å²) in [5.41, 5.74) is 2.17. The predicted molar refractivity (Wildman–Crippen MR) is 75.4 cm³/mol. The van der Waals surface area contributed by atoms with Gasteiger partial charge in [0, 0.05) is 17.8 Å². The first-order valence-corrected chi connectivity index (χ1v) is 6.08. The summed E-state index contributed by atoms with van der Waals surface area (Å²) in [6.45, 7) is 2.11. The number of carbonyl (C=O) groups is 1. The van der Waals surface area contributed by atoms with E-state index in [-0.39, 0.29) is 5.56 Å². The minimum atomic E-state index is -1.01. The fourth-order valence-electron chi connectivity index (χ4n) is 1.82. The number of nitrogens with zero attached hydrogens (tertiary/aromatic N) is 2. The van der Waals surface area contributed by atoms with Crippen LogP contribution in [0.3, 0.4) is 0 Å². The van der Waals surface area contributed by atoms with Crippen LogP contribution in [-0.2, 0) is 11.3 Å². The molecule has 1 aromatic carbocycles. The number of benzene rings is 1. The van der Waals surface area contributed by atoms with Crippen molar-refractivity contribution in [3.8, 4) is 0 Å². The van der Waals surface area contributed by atoms with E-state index in [1.807, 2.05) is 18.2 Å². The molecular formula is C15H14N2O3. The maximum atomic E-state index is 11.8. The zero-order valence-corrected chi connectivity index (χ0v) is 11.0. The Morgan fingerprint density at radius 2 is 2.15 bits per heavy atom. The average Bonchev–Trinajstić information content (AvgIpc) is 2.41. The Balaban J connectivity index is 2.34. The van der Waals surface area contributed by atoms with Gasteiger partial charge in [-0.15, -0.1) is 0 Å². The Morgan fingerprint density at radius 3 is 2.85 bits per heavy atom. The molecule has 0 radical (unpaired) electrons. The van der Waals surface area contributed by atoms with Crippen LogP contribution in [0.15, 0.2) is 47.5 Å². The van der Waals surface area contributed by atoms with Crippen LogP contribution in [0.25, 0.3) is 6.08 Å². The molecule has 0 spiro atoms. The van der Waals surface area contributed by atoms with Gasteiger partial charge >= 0.3 is 5.97 Å². The van der Waals surface area contributed by atoms with Crippen LogP contribution in [0.5, 0.6) is 0 Å². The molecule has 0 bridgehead atoms. The van der Waals surface area contributed by atoms with Crippen molar-refractivity contribution in [1.82, 2.24) is 9.55 Å². The van der Waals surface area contributed by atoms with Crippen LogP contribution in [0.1, 0.15) is 16.8 Å². The molecule has 1 aromatic heterocycles. The van der Waals surface area contributed by atoms with Crippen LogP contribution in [0.4, 0.5) is 0 Å². The summed E-state index contributed by atoms with van der Waals surface area (Å²) < 4.78 is 1.49. The van der Waals surface area contributed by atoms with Crippen LogP contribution in [-0.4, -0.2) is 20.6 Å². The second-order valence-electron chi connectivity index (χ2n) is 4.37. The molecular weight excluding hydrogens is 256 g/mol. The van der Waals surface area contributed by atoms with E-state index in [2.05, 4.69) is 4.98 Å². The van der Waals surface area contributed by atoms with Gasteiger partial charge in [-0.1, -0.05) is 24.3 Å². The molecule has 1 heterocycles. The molecule has 0 aliphatic heterocycles. The summed E-state index contributed by atoms with van der Waals surface area (Å²) in [7, 11) is 0. The summed E-state index contributed by atoms with van der Waals surface area (Å²) in [6.07, 6.45) is 4.09. The molecule has 2 rings (SSSR count). The van der Waals surface area contributed by atoms with E-state index in [9.17, 15) is 9.59 Å². The molecule has 0 aliphatic carbocycles. The molecule has 5 nitrogen and oxygen atoms in total. The molecule has 0 saturated carbocycles. The molecule has 0 unspecified atom stereocenters. The number of aryl methyl sites for hydroxylation is 1. The van der Waals surface area contributed by atoms with Crippen molar-refractivity contribution >= 4 is 12.0 Å². The lowest BCUT2D eigenvalue weighted by molar-refractivity contribution is -0.131. The number of rotatable bonds is 4. The standard InChI is InChI=1S/C15H14N2O3/c1-11-8-14(18)17(10-16-11)9-13-5-3-2-4-12(13)6-7-15(19)20/h2-8,10H,9H2,1H3,(H,19,20). The first-order chi connectivity index (χ1) is 9.56. The maximum absolute atomic E-state index is 11.8. The van der Waals surface area contributed by atoms with Gasteiger partial charge in [0.1, 0.15) is 0 Å². The van der Waals surface area contributed by atoms with Gasteiger partial charge in [0.15, 0.2) is 0 Å². The van der Waals surface area contributed by atoms with Gasteiger partial charge in [0.05, 0.1) is 12.9 Å². The normalized spacial score (nSPS) is 10.8. The largest absolute Gasteiger partial charge is 0.478 e. The lowest BCUT2D eigenvalue weighted by Gasteiger charge is -2.08. The highest BCUT2D eigenvalue weighted by atomic mass is 16.4. The summed E-state index contributed by atoms with van der Waals surface area (Å²) in [5, 5.41) is 8.68. The van der Waals surface area contributed by atoms with E-state index in [1.165, 1.54) is 23.0 Å². The summed E-state index contributed by atoms with van der Waals surface area (Å²) in [5.74, 6) is -1.01. The van der Waals surface area contributed by atoms with Crippen molar-refractivity contribution in [2.45, 2.75) is 13.5 Å². The van der Waals surface area contributed by atoms with E-state index >= 15 is 0 Å².